The lowest BCUT2D eigenvalue weighted by Gasteiger charge is -2.24. The Morgan fingerprint density at radius 3 is 2.67 bits per heavy atom. The van der Waals surface area contributed by atoms with Gasteiger partial charge in [-0.25, -0.2) is 4.98 Å². The number of aromatic nitrogens is 1. The highest BCUT2D eigenvalue weighted by Gasteiger charge is 2.34. The highest BCUT2D eigenvalue weighted by Crippen LogP contribution is 2.38. The number of nitrogens with two attached hydrogens (primary N) is 1. The van der Waals surface area contributed by atoms with Gasteiger partial charge < -0.3 is 10.6 Å². The molecule has 0 bridgehead atoms. The third-order valence-corrected chi connectivity index (χ3v) is 4.62. The van der Waals surface area contributed by atoms with Crippen molar-refractivity contribution in [1.82, 2.24) is 4.98 Å². The summed E-state index contributed by atoms with van der Waals surface area (Å²) in [5.74, 6) is 1.90. The third kappa shape index (κ3) is 2.60. The van der Waals surface area contributed by atoms with Crippen molar-refractivity contribution in [3.8, 4) is 0 Å². The minimum Gasteiger partial charge on any atom is -0.389 e. The van der Waals surface area contributed by atoms with Gasteiger partial charge in [0.25, 0.3) is 0 Å². The SMILES string of the molecule is NC(=S)c1cc(N(CC2CC2)C2CC2)nc2ccccc12. The van der Waals surface area contributed by atoms with Gasteiger partial charge in [-0.1, -0.05) is 30.4 Å². The van der Waals surface area contributed by atoms with Gasteiger partial charge in [0.1, 0.15) is 10.8 Å². The van der Waals surface area contributed by atoms with Gasteiger partial charge in [-0.05, 0) is 43.7 Å². The molecule has 2 aliphatic rings. The van der Waals surface area contributed by atoms with Gasteiger partial charge in [0.15, 0.2) is 0 Å². The molecule has 21 heavy (non-hydrogen) atoms. The van der Waals surface area contributed by atoms with Crippen molar-refractivity contribution in [3.05, 3.63) is 35.9 Å². The van der Waals surface area contributed by atoms with Crippen LogP contribution < -0.4 is 10.6 Å². The molecule has 0 unspecified atom stereocenters. The fourth-order valence-electron chi connectivity index (χ4n) is 2.91. The average molecular weight is 297 g/mol. The van der Waals surface area contributed by atoms with Crippen molar-refractivity contribution in [2.24, 2.45) is 11.7 Å². The van der Waals surface area contributed by atoms with Gasteiger partial charge in [0, 0.05) is 23.5 Å². The Bertz CT molecular complexity index is 704. The van der Waals surface area contributed by atoms with Crippen molar-refractivity contribution in [2.45, 2.75) is 31.7 Å². The van der Waals surface area contributed by atoms with Crippen LogP contribution in [0.5, 0.6) is 0 Å². The second kappa shape index (κ2) is 4.95. The summed E-state index contributed by atoms with van der Waals surface area (Å²) in [4.78, 5) is 7.81. The number of hydrogen-bond acceptors (Lipinski definition) is 3. The van der Waals surface area contributed by atoms with Crippen molar-refractivity contribution in [1.29, 1.82) is 0 Å². The molecule has 2 N–H and O–H groups in total. The number of pyridine rings is 1. The highest BCUT2D eigenvalue weighted by atomic mass is 32.1. The number of para-hydroxylation sites is 1. The molecule has 0 aliphatic heterocycles. The van der Waals surface area contributed by atoms with Crippen LogP contribution in [0.1, 0.15) is 31.2 Å². The van der Waals surface area contributed by atoms with Crippen LogP contribution in [0, 0.1) is 5.92 Å². The summed E-state index contributed by atoms with van der Waals surface area (Å²) in [6.45, 7) is 1.13. The first-order valence-electron chi connectivity index (χ1n) is 7.68. The predicted molar refractivity (Wildman–Crippen MR) is 90.7 cm³/mol. The number of nitrogens with zero attached hydrogens (tertiary/aromatic N) is 2. The Labute approximate surface area is 130 Å². The minimum absolute atomic E-state index is 0.456. The van der Waals surface area contributed by atoms with Crippen molar-refractivity contribution >= 4 is 33.9 Å². The molecule has 0 saturated heterocycles. The lowest BCUT2D eigenvalue weighted by molar-refractivity contribution is 0.710. The van der Waals surface area contributed by atoms with Gasteiger partial charge >= 0.3 is 0 Å². The van der Waals surface area contributed by atoms with Crippen LogP contribution >= 0.6 is 12.2 Å². The Morgan fingerprint density at radius 2 is 2.00 bits per heavy atom. The zero-order valence-electron chi connectivity index (χ0n) is 12.0. The normalized spacial score (nSPS) is 17.9. The van der Waals surface area contributed by atoms with E-state index in [-0.39, 0.29) is 0 Å². The molecule has 1 aromatic carbocycles. The lowest BCUT2D eigenvalue weighted by atomic mass is 10.1. The second-order valence-electron chi connectivity index (χ2n) is 6.24. The van der Waals surface area contributed by atoms with Crippen molar-refractivity contribution in [2.75, 3.05) is 11.4 Å². The van der Waals surface area contributed by atoms with Gasteiger partial charge in [0.2, 0.25) is 0 Å². The first kappa shape index (κ1) is 13.0. The zero-order valence-corrected chi connectivity index (χ0v) is 12.8. The fraction of sp³-hybridized carbons (Fsp3) is 0.412. The minimum atomic E-state index is 0.456. The quantitative estimate of drug-likeness (QED) is 0.860. The Kier molecular flexibility index (Phi) is 3.07. The summed E-state index contributed by atoms with van der Waals surface area (Å²) in [6, 6.07) is 10.9. The van der Waals surface area contributed by atoms with Gasteiger partial charge in [-0.3, -0.25) is 0 Å². The summed E-state index contributed by atoms with van der Waals surface area (Å²) in [7, 11) is 0. The Balaban J connectivity index is 1.81. The molecule has 2 saturated carbocycles. The van der Waals surface area contributed by atoms with E-state index in [0.717, 1.165) is 34.7 Å². The molecular formula is C17H19N3S. The molecule has 0 atom stereocenters. The molecule has 2 aromatic rings. The van der Waals surface area contributed by atoms with Crippen LogP contribution in [0.25, 0.3) is 10.9 Å². The third-order valence-electron chi connectivity index (χ3n) is 4.40. The van der Waals surface area contributed by atoms with E-state index in [9.17, 15) is 0 Å². The summed E-state index contributed by atoms with van der Waals surface area (Å²) in [5, 5.41) is 1.05. The van der Waals surface area contributed by atoms with E-state index in [2.05, 4.69) is 11.0 Å². The summed E-state index contributed by atoms with van der Waals surface area (Å²) in [6.07, 6.45) is 5.28. The maximum Gasteiger partial charge on any atom is 0.130 e. The maximum atomic E-state index is 5.94. The lowest BCUT2D eigenvalue weighted by Crippen LogP contribution is -2.29. The largest absolute Gasteiger partial charge is 0.389 e. The second-order valence-corrected chi connectivity index (χ2v) is 6.68. The molecule has 0 amide bonds. The molecule has 0 radical (unpaired) electrons. The van der Waals surface area contributed by atoms with Crippen LogP contribution in [-0.4, -0.2) is 22.6 Å². The fourth-order valence-corrected chi connectivity index (χ4v) is 3.08. The van der Waals surface area contributed by atoms with Crippen molar-refractivity contribution < 1.29 is 0 Å². The smallest absolute Gasteiger partial charge is 0.130 e. The van der Waals surface area contributed by atoms with Gasteiger partial charge in [-0.15, -0.1) is 0 Å². The number of hydrogen-bond donors (Lipinski definition) is 1. The van der Waals surface area contributed by atoms with Crippen LogP contribution in [-0.2, 0) is 0 Å². The molecular weight excluding hydrogens is 278 g/mol. The average Bonchev–Trinajstić information content (AvgIpc) is 3.37. The number of thiocarbonyl (C=S) groups is 1. The topological polar surface area (TPSA) is 42.1 Å². The standard InChI is InChI=1S/C17H19N3S/c18-17(21)14-9-16(19-15-4-2-1-3-13(14)15)20(12-7-8-12)10-11-5-6-11/h1-4,9,11-12H,5-8,10H2,(H2,18,21). The van der Waals surface area contributed by atoms with E-state index < -0.39 is 0 Å². The predicted octanol–water partition coefficient (Wildman–Crippen LogP) is 3.25. The van der Waals surface area contributed by atoms with E-state index in [1.165, 1.54) is 25.7 Å². The molecule has 4 heteroatoms. The molecule has 4 rings (SSSR count). The monoisotopic (exact) mass is 297 g/mol. The zero-order chi connectivity index (χ0) is 14.4. The Morgan fingerprint density at radius 1 is 1.24 bits per heavy atom. The van der Waals surface area contributed by atoms with Gasteiger partial charge in [-0.2, -0.15) is 0 Å². The number of anilines is 1. The number of benzene rings is 1. The molecule has 1 heterocycles. The van der Waals surface area contributed by atoms with E-state index >= 15 is 0 Å². The van der Waals surface area contributed by atoms with Crippen molar-refractivity contribution in [3.63, 3.8) is 0 Å². The summed E-state index contributed by atoms with van der Waals surface area (Å²) < 4.78 is 0. The molecule has 3 nitrogen and oxygen atoms in total. The maximum absolute atomic E-state index is 5.94. The van der Waals surface area contributed by atoms with Crippen LogP contribution in [0.2, 0.25) is 0 Å². The van der Waals surface area contributed by atoms with E-state index in [1.807, 2.05) is 24.3 Å². The number of fused-ring (bicyclic) bond motifs is 1. The van der Waals surface area contributed by atoms with E-state index in [4.69, 9.17) is 22.9 Å². The van der Waals surface area contributed by atoms with Crippen LogP contribution in [0.15, 0.2) is 30.3 Å². The number of rotatable bonds is 5. The van der Waals surface area contributed by atoms with Gasteiger partial charge in [0.05, 0.1) is 5.52 Å². The van der Waals surface area contributed by atoms with E-state index in [0.29, 0.717) is 11.0 Å². The molecule has 1 aromatic heterocycles. The molecule has 108 valence electrons. The Hall–Kier alpha value is -1.68. The molecule has 2 aliphatic carbocycles. The summed E-state index contributed by atoms with van der Waals surface area (Å²) in [5.41, 5.74) is 7.88. The molecule has 0 spiro atoms. The van der Waals surface area contributed by atoms with Crippen LogP contribution in [0.4, 0.5) is 5.82 Å². The molecule has 2 fully saturated rings. The highest BCUT2D eigenvalue weighted by molar-refractivity contribution is 7.80. The van der Waals surface area contributed by atoms with E-state index in [1.54, 1.807) is 0 Å². The summed E-state index contributed by atoms with van der Waals surface area (Å²) >= 11 is 5.25. The first-order valence-corrected chi connectivity index (χ1v) is 8.09. The first-order chi connectivity index (χ1) is 10.2. The van der Waals surface area contributed by atoms with Crippen LogP contribution in [0.3, 0.4) is 0 Å².